The first kappa shape index (κ1) is 25.2. The van der Waals surface area contributed by atoms with E-state index in [0.717, 1.165) is 15.3 Å². The number of nitrogens with one attached hydrogen (secondary N) is 1. The molecule has 1 saturated heterocycles. The van der Waals surface area contributed by atoms with Crippen molar-refractivity contribution in [2.24, 2.45) is 7.05 Å². The third-order valence-electron chi connectivity index (χ3n) is 3.69. The Hall–Kier alpha value is -1.03. The van der Waals surface area contributed by atoms with Crippen LogP contribution in [0.2, 0.25) is 0 Å². The summed E-state index contributed by atoms with van der Waals surface area (Å²) < 4.78 is 52.0. The predicted octanol–water partition coefficient (Wildman–Crippen LogP) is -2.37. The third kappa shape index (κ3) is 6.24. The van der Waals surface area contributed by atoms with E-state index in [9.17, 15) is 33.6 Å². The number of hydrogen-bond acceptors (Lipinski definition) is 11. The zero-order valence-electron chi connectivity index (χ0n) is 14.9. The van der Waals surface area contributed by atoms with Gasteiger partial charge in [0, 0.05) is 13.2 Å². The zero-order valence-corrected chi connectivity index (χ0v) is 17.5. The smallest absolute Gasteiger partial charge is 0.387 e. The minimum Gasteiger partial charge on any atom is -0.387 e. The Morgan fingerprint density at radius 3 is 2.27 bits per heavy atom. The van der Waals surface area contributed by atoms with Crippen molar-refractivity contribution < 1.29 is 61.4 Å². The molecule has 2 rings (SSSR count). The van der Waals surface area contributed by atoms with Gasteiger partial charge in [0.05, 0.1) is 6.61 Å². The van der Waals surface area contributed by atoms with Crippen molar-refractivity contribution in [2.45, 2.75) is 24.5 Å². The van der Waals surface area contributed by atoms with Gasteiger partial charge < -0.3 is 34.5 Å². The molecule has 2 unspecified atom stereocenters. The van der Waals surface area contributed by atoms with Crippen molar-refractivity contribution in [3.05, 3.63) is 28.2 Å². The van der Waals surface area contributed by atoms with E-state index in [-0.39, 0.29) is 5.49 Å². The lowest BCUT2D eigenvalue weighted by Gasteiger charge is -2.19. The average molecular weight is 497 g/mol. The predicted molar refractivity (Wildman–Crippen MR) is 91.3 cm³/mol. The Morgan fingerprint density at radius 2 is 1.70 bits per heavy atom. The maximum absolute atomic E-state index is 12.2. The molecule has 1 aliphatic heterocycles. The number of aliphatic hydroxyl groups is 2. The number of aliphatic hydroxyl groups excluding tert-OH is 2. The number of aromatic nitrogens is 2. The van der Waals surface area contributed by atoms with E-state index in [1.165, 1.54) is 13.1 Å². The van der Waals surface area contributed by atoms with Gasteiger partial charge in [-0.05, 0) is 6.07 Å². The van der Waals surface area contributed by atoms with Gasteiger partial charge in [0.15, 0.2) is 6.23 Å². The normalized spacial score (nSPS) is 28.8. The van der Waals surface area contributed by atoms with Gasteiger partial charge in [-0.3, -0.25) is 19.1 Å². The molecule has 2 heterocycles. The molecule has 0 amide bonds. The van der Waals surface area contributed by atoms with Crippen molar-refractivity contribution in [1.29, 1.82) is 5.41 Å². The first-order chi connectivity index (χ1) is 13.5. The van der Waals surface area contributed by atoms with Crippen LogP contribution in [0.3, 0.4) is 0 Å². The molecule has 1 fully saturated rings. The minimum absolute atomic E-state index is 0.159. The number of phosphoric acid groups is 3. The summed E-state index contributed by atoms with van der Waals surface area (Å²) in [4.78, 5) is 47.6. The topological polar surface area (TPSA) is 260 Å². The highest BCUT2D eigenvalue weighted by Gasteiger charge is 2.46. The Balaban J connectivity index is 2.09. The Bertz CT molecular complexity index is 1050. The largest absolute Gasteiger partial charge is 0.490 e. The molecular formula is C10H18N3O14P3. The van der Waals surface area contributed by atoms with Crippen LogP contribution in [0.4, 0.5) is 0 Å². The molecule has 0 aromatic carbocycles. The lowest BCUT2D eigenvalue weighted by atomic mass is 10.1. The van der Waals surface area contributed by atoms with Crippen molar-refractivity contribution in [3.63, 3.8) is 0 Å². The van der Waals surface area contributed by atoms with Gasteiger partial charge in [-0.25, -0.2) is 18.5 Å². The summed E-state index contributed by atoms with van der Waals surface area (Å²) in [5, 5.41) is 27.7. The second-order valence-electron chi connectivity index (χ2n) is 5.88. The van der Waals surface area contributed by atoms with Crippen molar-refractivity contribution in [3.8, 4) is 0 Å². The molecular weight excluding hydrogens is 479 g/mol. The first-order valence-corrected chi connectivity index (χ1v) is 12.2. The molecule has 20 heteroatoms. The molecule has 7 N–H and O–H groups in total. The molecule has 1 aromatic rings. The van der Waals surface area contributed by atoms with E-state index in [1.807, 2.05) is 0 Å². The fourth-order valence-corrected chi connectivity index (χ4v) is 5.39. The highest BCUT2D eigenvalue weighted by Crippen LogP contribution is 2.66. The molecule has 0 bridgehead atoms. The summed E-state index contributed by atoms with van der Waals surface area (Å²) in [6.45, 7) is -1.02. The van der Waals surface area contributed by atoms with E-state index in [1.54, 1.807) is 0 Å². The van der Waals surface area contributed by atoms with Crippen molar-refractivity contribution >= 4 is 23.5 Å². The summed E-state index contributed by atoms with van der Waals surface area (Å²) in [5.41, 5.74) is -0.944. The molecule has 17 nitrogen and oxygen atoms in total. The van der Waals surface area contributed by atoms with Crippen LogP contribution in [-0.2, 0) is 38.6 Å². The molecule has 6 atom stereocenters. The zero-order chi connectivity index (χ0) is 23.1. The van der Waals surface area contributed by atoms with Crippen LogP contribution >= 0.6 is 23.5 Å². The summed E-state index contributed by atoms with van der Waals surface area (Å²) in [6.07, 6.45) is -5.38. The highest BCUT2D eigenvalue weighted by molar-refractivity contribution is 7.66. The van der Waals surface area contributed by atoms with E-state index >= 15 is 0 Å². The molecule has 30 heavy (non-hydrogen) atoms. The molecule has 0 spiro atoms. The Morgan fingerprint density at radius 1 is 1.10 bits per heavy atom. The quantitative estimate of drug-likeness (QED) is 0.185. The van der Waals surface area contributed by atoms with Crippen LogP contribution in [0.25, 0.3) is 0 Å². The van der Waals surface area contributed by atoms with Gasteiger partial charge in [-0.15, -0.1) is 0 Å². The summed E-state index contributed by atoms with van der Waals surface area (Å²) in [6, 6.07) is 1.20. The lowest BCUT2D eigenvalue weighted by Crippen LogP contribution is -2.41. The van der Waals surface area contributed by atoms with Gasteiger partial charge >= 0.3 is 29.2 Å². The molecule has 172 valence electrons. The van der Waals surface area contributed by atoms with Gasteiger partial charge in [0.1, 0.15) is 23.8 Å². The molecule has 0 aliphatic carbocycles. The number of nitrogens with zero attached hydrogens (tertiary/aromatic N) is 2. The van der Waals surface area contributed by atoms with E-state index < -0.39 is 60.3 Å². The Labute approximate surface area is 166 Å². The SMILES string of the molecule is Cn1c(=N)ccn([C@@H]2O[C@H](COP(=O)(O)OP(=O)(O)OP(=O)(O)O)[C@@H](O)[C@H]2O)c1=O. The second-order valence-corrected chi connectivity index (χ2v) is 10.3. The first-order valence-electron chi connectivity index (χ1n) is 7.66. The van der Waals surface area contributed by atoms with Crippen LogP contribution in [0.15, 0.2) is 17.1 Å². The van der Waals surface area contributed by atoms with Gasteiger partial charge in [0.2, 0.25) is 0 Å². The lowest BCUT2D eigenvalue weighted by molar-refractivity contribution is -0.0547. The van der Waals surface area contributed by atoms with Crippen LogP contribution in [0, 0.1) is 5.41 Å². The molecule has 1 aromatic heterocycles. The van der Waals surface area contributed by atoms with E-state index in [4.69, 9.17) is 24.8 Å². The highest BCUT2D eigenvalue weighted by atomic mass is 31.3. The number of ether oxygens (including phenoxy) is 1. The minimum atomic E-state index is -5.72. The van der Waals surface area contributed by atoms with E-state index in [2.05, 4.69) is 13.1 Å². The van der Waals surface area contributed by atoms with Crippen LogP contribution < -0.4 is 11.2 Å². The fourth-order valence-electron chi connectivity index (χ4n) is 2.36. The summed E-state index contributed by atoms with van der Waals surface area (Å²) in [5.74, 6) is 0. The fraction of sp³-hybridized carbons (Fsp3) is 0.600. The van der Waals surface area contributed by atoms with Crippen LogP contribution in [-0.4, -0.2) is 63.8 Å². The van der Waals surface area contributed by atoms with Crippen LogP contribution in [0.5, 0.6) is 0 Å². The third-order valence-corrected chi connectivity index (χ3v) is 7.49. The van der Waals surface area contributed by atoms with E-state index in [0.29, 0.717) is 0 Å². The van der Waals surface area contributed by atoms with Crippen molar-refractivity contribution in [2.75, 3.05) is 6.61 Å². The summed E-state index contributed by atoms with van der Waals surface area (Å²) in [7, 11) is -15.5. The number of phosphoric ester groups is 1. The van der Waals surface area contributed by atoms with Gasteiger partial charge in [0.25, 0.3) is 0 Å². The monoisotopic (exact) mass is 497 g/mol. The standard InChI is InChI=1S/C10H18N3O14P3/c1-12-6(11)2-3-13(10(12)16)9-8(15)7(14)5(25-9)4-24-29(20,21)27-30(22,23)26-28(17,18)19/h2-3,5,7-9,11,14-15H,4H2,1H3,(H,20,21)(H,22,23)(H2,17,18,19)/t5-,7-,8-,9-/m1/s1. The molecule has 1 aliphatic rings. The summed E-state index contributed by atoms with van der Waals surface area (Å²) >= 11 is 0. The number of rotatable bonds is 8. The van der Waals surface area contributed by atoms with Gasteiger partial charge in [-0.2, -0.15) is 8.62 Å². The second kappa shape index (κ2) is 8.84. The number of hydrogen-bond donors (Lipinski definition) is 7. The Kier molecular flexibility index (Phi) is 7.44. The van der Waals surface area contributed by atoms with Crippen molar-refractivity contribution in [1.82, 2.24) is 9.13 Å². The molecule has 0 radical (unpaired) electrons. The molecule has 0 saturated carbocycles. The van der Waals surface area contributed by atoms with Crippen LogP contribution in [0.1, 0.15) is 6.23 Å². The maximum atomic E-state index is 12.2. The average Bonchev–Trinajstić information content (AvgIpc) is 2.83. The maximum Gasteiger partial charge on any atom is 0.490 e. The van der Waals surface area contributed by atoms with Gasteiger partial charge in [-0.1, -0.05) is 0 Å².